The van der Waals surface area contributed by atoms with E-state index in [0.717, 1.165) is 43.9 Å². The minimum atomic E-state index is 0.0875. The van der Waals surface area contributed by atoms with Gasteiger partial charge in [0.25, 0.3) is 0 Å². The Balaban J connectivity index is 1.92. The number of hydrogen-bond acceptors (Lipinski definition) is 3. The first-order valence-electron chi connectivity index (χ1n) is 6.59. The molecule has 1 N–H and O–H groups in total. The fraction of sp³-hybridized carbons (Fsp3) is 0.500. The molecule has 1 aliphatic heterocycles. The lowest BCUT2D eigenvalue weighted by molar-refractivity contribution is -0.122. The van der Waals surface area contributed by atoms with Crippen molar-refractivity contribution in [2.45, 2.75) is 32.6 Å². The number of rotatable bonds is 5. The van der Waals surface area contributed by atoms with Gasteiger partial charge in [-0.25, -0.2) is 0 Å². The lowest BCUT2D eigenvalue weighted by Gasteiger charge is -2.29. The van der Waals surface area contributed by atoms with E-state index in [1.54, 1.807) is 0 Å². The van der Waals surface area contributed by atoms with Gasteiger partial charge in [0.1, 0.15) is 5.75 Å². The van der Waals surface area contributed by atoms with Crippen molar-refractivity contribution < 1.29 is 9.53 Å². The first kappa shape index (κ1) is 12.7. The quantitative estimate of drug-likeness (QED) is 0.814. The number of anilines is 1. The lowest BCUT2D eigenvalue weighted by atomic mass is 10.2. The van der Waals surface area contributed by atoms with Crippen molar-refractivity contribution in [1.29, 1.82) is 0 Å². The van der Waals surface area contributed by atoms with Crippen molar-refractivity contribution in [3.63, 3.8) is 0 Å². The van der Waals surface area contributed by atoms with Crippen LogP contribution >= 0.6 is 0 Å². The molecule has 0 aromatic heterocycles. The Morgan fingerprint density at radius 2 is 2.11 bits per heavy atom. The molecule has 4 heteroatoms. The van der Waals surface area contributed by atoms with Gasteiger partial charge in [0.15, 0.2) is 0 Å². The van der Waals surface area contributed by atoms with E-state index in [4.69, 9.17) is 4.74 Å². The van der Waals surface area contributed by atoms with Crippen LogP contribution in [0, 0.1) is 0 Å². The van der Waals surface area contributed by atoms with E-state index in [1.807, 2.05) is 29.3 Å². The second-order valence-corrected chi connectivity index (χ2v) is 4.49. The molecule has 1 fully saturated rings. The molecule has 1 saturated heterocycles. The Morgan fingerprint density at radius 1 is 1.33 bits per heavy atom. The van der Waals surface area contributed by atoms with E-state index in [-0.39, 0.29) is 5.91 Å². The highest BCUT2D eigenvalue weighted by Crippen LogP contribution is 2.20. The molecular weight excluding hydrogens is 228 g/mol. The Labute approximate surface area is 108 Å². The summed E-state index contributed by atoms with van der Waals surface area (Å²) in [6.45, 7) is 3.77. The third kappa shape index (κ3) is 3.39. The van der Waals surface area contributed by atoms with Crippen molar-refractivity contribution in [3.05, 3.63) is 24.3 Å². The van der Waals surface area contributed by atoms with Crippen LogP contribution in [0.3, 0.4) is 0 Å². The number of hydrazine groups is 1. The molecule has 1 aliphatic rings. The predicted octanol–water partition coefficient (Wildman–Crippen LogP) is 2.50. The monoisotopic (exact) mass is 248 g/mol. The number of benzene rings is 1. The van der Waals surface area contributed by atoms with Crippen LogP contribution in [0.2, 0.25) is 0 Å². The van der Waals surface area contributed by atoms with Gasteiger partial charge in [-0.2, -0.15) is 0 Å². The van der Waals surface area contributed by atoms with Gasteiger partial charge in [0.2, 0.25) is 5.91 Å². The van der Waals surface area contributed by atoms with Crippen molar-refractivity contribution in [2.24, 2.45) is 0 Å². The van der Waals surface area contributed by atoms with Crippen molar-refractivity contribution >= 4 is 11.6 Å². The van der Waals surface area contributed by atoms with E-state index < -0.39 is 0 Å². The number of amides is 1. The molecule has 0 atom stereocenters. The van der Waals surface area contributed by atoms with E-state index in [1.165, 1.54) is 0 Å². The fourth-order valence-electron chi connectivity index (χ4n) is 1.91. The molecular formula is C14H20N2O2. The summed E-state index contributed by atoms with van der Waals surface area (Å²) in [4.78, 5) is 11.3. The summed E-state index contributed by atoms with van der Waals surface area (Å²) in [7, 11) is 0. The van der Waals surface area contributed by atoms with Crippen LogP contribution in [0.1, 0.15) is 32.6 Å². The normalized spacial score (nSPS) is 15.4. The average Bonchev–Trinajstić information content (AvgIpc) is 2.40. The lowest BCUT2D eigenvalue weighted by Crippen LogP contribution is -2.46. The standard InChI is InChI=1S/C14H20N2O2/c1-2-3-11-18-13-8-6-12(7-9-13)16-10-4-5-14(17)15-16/h6-9H,2-5,10-11H2,1H3,(H,15,17). The minimum Gasteiger partial charge on any atom is -0.494 e. The zero-order valence-corrected chi connectivity index (χ0v) is 10.8. The molecule has 1 aromatic rings. The van der Waals surface area contributed by atoms with Crippen LogP contribution in [0.5, 0.6) is 5.75 Å². The van der Waals surface area contributed by atoms with Crippen molar-refractivity contribution in [1.82, 2.24) is 5.43 Å². The SMILES string of the molecule is CCCCOc1ccc(N2CCCC(=O)N2)cc1. The van der Waals surface area contributed by atoms with Crippen LogP contribution in [0.4, 0.5) is 5.69 Å². The van der Waals surface area contributed by atoms with E-state index >= 15 is 0 Å². The summed E-state index contributed by atoms with van der Waals surface area (Å²) in [5.41, 5.74) is 3.86. The molecule has 4 nitrogen and oxygen atoms in total. The molecule has 1 heterocycles. The predicted molar refractivity (Wildman–Crippen MR) is 71.6 cm³/mol. The molecule has 98 valence electrons. The zero-order chi connectivity index (χ0) is 12.8. The molecule has 0 saturated carbocycles. The van der Waals surface area contributed by atoms with Crippen LogP contribution in [-0.2, 0) is 4.79 Å². The first-order valence-corrected chi connectivity index (χ1v) is 6.59. The molecule has 0 unspecified atom stereocenters. The van der Waals surface area contributed by atoms with Crippen LogP contribution < -0.4 is 15.2 Å². The van der Waals surface area contributed by atoms with Crippen molar-refractivity contribution in [3.8, 4) is 5.75 Å². The van der Waals surface area contributed by atoms with Crippen LogP contribution in [-0.4, -0.2) is 19.1 Å². The van der Waals surface area contributed by atoms with Crippen LogP contribution in [0.15, 0.2) is 24.3 Å². The molecule has 2 rings (SSSR count). The third-order valence-electron chi connectivity index (χ3n) is 2.96. The highest BCUT2D eigenvalue weighted by molar-refractivity contribution is 5.79. The van der Waals surface area contributed by atoms with E-state index in [0.29, 0.717) is 6.42 Å². The highest BCUT2D eigenvalue weighted by Gasteiger charge is 2.15. The molecule has 18 heavy (non-hydrogen) atoms. The van der Waals surface area contributed by atoms with Crippen LogP contribution in [0.25, 0.3) is 0 Å². The average molecular weight is 248 g/mol. The Kier molecular flexibility index (Phi) is 4.45. The van der Waals surface area contributed by atoms with Gasteiger partial charge < -0.3 is 4.74 Å². The Hall–Kier alpha value is -1.71. The number of ether oxygens (including phenoxy) is 1. The van der Waals surface area contributed by atoms with Gasteiger partial charge in [-0.15, -0.1) is 0 Å². The van der Waals surface area contributed by atoms with E-state index in [9.17, 15) is 4.79 Å². The van der Waals surface area contributed by atoms with Gasteiger partial charge >= 0.3 is 0 Å². The number of carbonyl (C=O) groups is 1. The summed E-state index contributed by atoms with van der Waals surface area (Å²) >= 11 is 0. The van der Waals surface area contributed by atoms with Crippen molar-refractivity contribution in [2.75, 3.05) is 18.2 Å². The summed E-state index contributed by atoms with van der Waals surface area (Å²) in [6.07, 6.45) is 3.73. The highest BCUT2D eigenvalue weighted by atomic mass is 16.5. The number of nitrogens with zero attached hydrogens (tertiary/aromatic N) is 1. The second kappa shape index (κ2) is 6.28. The number of unbranched alkanes of at least 4 members (excludes halogenated alkanes) is 1. The molecule has 0 bridgehead atoms. The van der Waals surface area contributed by atoms with Gasteiger partial charge in [0, 0.05) is 13.0 Å². The maximum absolute atomic E-state index is 11.3. The van der Waals surface area contributed by atoms with E-state index in [2.05, 4.69) is 12.3 Å². The number of carbonyl (C=O) groups excluding carboxylic acids is 1. The Bertz CT molecular complexity index is 389. The van der Waals surface area contributed by atoms with Gasteiger partial charge in [0.05, 0.1) is 12.3 Å². The minimum absolute atomic E-state index is 0.0875. The topological polar surface area (TPSA) is 41.6 Å². The Morgan fingerprint density at radius 3 is 2.78 bits per heavy atom. The summed E-state index contributed by atoms with van der Waals surface area (Å²) < 4.78 is 5.60. The number of hydrogen-bond donors (Lipinski definition) is 1. The number of nitrogens with one attached hydrogen (secondary N) is 1. The first-order chi connectivity index (χ1) is 8.79. The second-order valence-electron chi connectivity index (χ2n) is 4.49. The third-order valence-corrected chi connectivity index (χ3v) is 2.96. The smallest absolute Gasteiger partial charge is 0.238 e. The van der Waals surface area contributed by atoms with Gasteiger partial charge in [-0.1, -0.05) is 13.3 Å². The largest absolute Gasteiger partial charge is 0.494 e. The molecule has 0 aliphatic carbocycles. The molecule has 1 amide bonds. The molecule has 1 aromatic carbocycles. The maximum atomic E-state index is 11.3. The molecule has 0 spiro atoms. The van der Waals surface area contributed by atoms with Gasteiger partial charge in [-0.3, -0.25) is 15.2 Å². The summed E-state index contributed by atoms with van der Waals surface area (Å²) in [5.74, 6) is 0.972. The molecule has 0 radical (unpaired) electrons. The maximum Gasteiger partial charge on any atom is 0.238 e. The fourth-order valence-corrected chi connectivity index (χ4v) is 1.91. The van der Waals surface area contributed by atoms with Gasteiger partial charge in [-0.05, 0) is 37.1 Å². The summed E-state index contributed by atoms with van der Waals surface area (Å²) in [5, 5.41) is 1.89. The zero-order valence-electron chi connectivity index (χ0n) is 10.8. The summed E-state index contributed by atoms with van der Waals surface area (Å²) in [6, 6.07) is 7.86.